The second-order valence-corrected chi connectivity index (χ2v) is 19.1. The quantitative estimate of drug-likeness (QED) is 0.0176. The summed E-state index contributed by atoms with van der Waals surface area (Å²) < 4.78 is 33.6. The molecule has 0 amide bonds. The van der Waals surface area contributed by atoms with E-state index in [0.717, 1.165) is 57.8 Å². The Bertz CT molecular complexity index is 1220. The smallest absolute Gasteiger partial charge is 0.306 e. The molecule has 0 aromatic rings. The van der Waals surface area contributed by atoms with Gasteiger partial charge in [-0.2, -0.15) is 0 Å². The van der Waals surface area contributed by atoms with Crippen molar-refractivity contribution in [3.05, 3.63) is 12.2 Å². The minimum atomic E-state index is -1.76. The van der Waals surface area contributed by atoms with Crippen molar-refractivity contribution in [3.63, 3.8) is 0 Å². The molecule has 0 aromatic carbocycles. The van der Waals surface area contributed by atoms with Crippen LogP contribution in [0.3, 0.4) is 0 Å². The number of rotatable bonds is 42. The second kappa shape index (κ2) is 39.9. The van der Waals surface area contributed by atoms with Gasteiger partial charge in [0.15, 0.2) is 18.7 Å². The first kappa shape index (κ1) is 61.4. The number of aliphatic hydroxyl groups is 7. The van der Waals surface area contributed by atoms with Crippen LogP contribution >= 0.6 is 0 Å². The number of hydrogen-bond donors (Lipinski definition) is 7. The zero-order chi connectivity index (χ0) is 48.9. The van der Waals surface area contributed by atoms with Crippen LogP contribution in [0.4, 0.5) is 0 Å². The maximum absolute atomic E-state index is 13.0. The average Bonchev–Trinajstić information content (AvgIpc) is 3.32. The monoisotopic (exact) mass is 961 g/mol. The van der Waals surface area contributed by atoms with Crippen molar-refractivity contribution >= 4 is 11.9 Å². The first-order valence-corrected chi connectivity index (χ1v) is 26.8. The predicted octanol–water partition coefficient (Wildman–Crippen LogP) is 7.77. The third kappa shape index (κ3) is 28.0. The van der Waals surface area contributed by atoms with Gasteiger partial charge >= 0.3 is 11.9 Å². The van der Waals surface area contributed by atoms with Crippen molar-refractivity contribution in [2.45, 2.75) is 280 Å². The molecule has 2 aliphatic rings. The normalized spacial score (nSPS) is 26.0. The molecular formula is C52H96O15. The highest BCUT2D eigenvalue weighted by molar-refractivity contribution is 5.70. The van der Waals surface area contributed by atoms with Gasteiger partial charge in [0.25, 0.3) is 0 Å². The Kier molecular flexibility index (Phi) is 36.5. The summed E-state index contributed by atoms with van der Waals surface area (Å²) in [5, 5.41) is 72.1. The van der Waals surface area contributed by atoms with Gasteiger partial charge in [-0.1, -0.05) is 174 Å². The van der Waals surface area contributed by atoms with Gasteiger partial charge in [-0.05, 0) is 38.5 Å². The minimum absolute atomic E-state index is 0.159. The molecule has 11 atom stereocenters. The summed E-state index contributed by atoms with van der Waals surface area (Å²) in [4.78, 5) is 25.8. The van der Waals surface area contributed by atoms with Crippen molar-refractivity contribution < 1.29 is 73.8 Å². The molecule has 0 aliphatic carbocycles. The van der Waals surface area contributed by atoms with E-state index >= 15 is 0 Å². The number of carbonyl (C=O) groups excluding carboxylic acids is 2. The summed E-state index contributed by atoms with van der Waals surface area (Å²) in [6.07, 6.45) is 22.4. The van der Waals surface area contributed by atoms with Crippen molar-refractivity contribution in [1.82, 2.24) is 0 Å². The Morgan fingerprint density at radius 3 is 1.31 bits per heavy atom. The minimum Gasteiger partial charge on any atom is -0.462 e. The Morgan fingerprint density at radius 2 is 0.851 bits per heavy atom. The van der Waals surface area contributed by atoms with Gasteiger partial charge in [0.2, 0.25) is 0 Å². The summed E-state index contributed by atoms with van der Waals surface area (Å²) in [7, 11) is 0. The van der Waals surface area contributed by atoms with Crippen LogP contribution in [0.1, 0.15) is 213 Å². The van der Waals surface area contributed by atoms with Crippen LogP contribution in [0.25, 0.3) is 0 Å². The van der Waals surface area contributed by atoms with Gasteiger partial charge < -0.3 is 64.2 Å². The first-order chi connectivity index (χ1) is 32.5. The maximum atomic E-state index is 13.0. The van der Waals surface area contributed by atoms with Gasteiger partial charge in [0, 0.05) is 12.8 Å². The lowest BCUT2D eigenvalue weighted by atomic mass is 9.98. The van der Waals surface area contributed by atoms with Crippen LogP contribution in [0.2, 0.25) is 0 Å². The third-order valence-corrected chi connectivity index (χ3v) is 13.0. The van der Waals surface area contributed by atoms with Gasteiger partial charge in [0.05, 0.1) is 19.8 Å². The van der Waals surface area contributed by atoms with Crippen molar-refractivity contribution in [3.8, 4) is 0 Å². The lowest BCUT2D eigenvalue weighted by molar-refractivity contribution is -0.332. The van der Waals surface area contributed by atoms with Crippen LogP contribution in [-0.4, -0.2) is 142 Å². The number of hydrogen-bond acceptors (Lipinski definition) is 15. The van der Waals surface area contributed by atoms with Gasteiger partial charge in [-0.3, -0.25) is 9.59 Å². The number of aliphatic hydroxyl groups excluding tert-OH is 7. The molecule has 2 aliphatic heterocycles. The van der Waals surface area contributed by atoms with Crippen LogP contribution < -0.4 is 0 Å². The number of esters is 2. The third-order valence-electron chi connectivity index (χ3n) is 13.0. The predicted molar refractivity (Wildman–Crippen MR) is 257 cm³/mol. The molecule has 15 nitrogen and oxygen atoms in total. The highest BCUT2D eigenvalue weighted by atomic mass is 16.7. The fourth-order valence-corrected chi connectivity index (χ4v) is 8.57. The summed E-state index contributed by atoms with van der Waals surface area (Å²) in [5.41, 5.74) is 0. The van der Waals surface area contributed by atoms with E-state index in [-0.39, 0.29) is 26.1 Å². The van der Waals surface area contributed by atoms with Crippen LogP contribution in [0.5, 0.6) is 0 Å². The standard InChI is InChI=1S/C52H96O15/c1-3-5-7-9-11-13-15-17-19-20-21-23-24-26-28-30-32-34-43(54)62-37-40(65-44(55)35-33-31-29-27-25-22-18-16-14-12-10-8-6-4-2)38-63-51-50(61)48(59)46(57)42(67-51)39-64-52-49(60)47(58)45(56)41(36-53)66-52/h16,18,40-42,45-53,56-61H,3-15,17,19-39H2,1-2H3/b18-16-. The Morgan fingerprint density at radius 1 is 0.463 bits per heavy atom. The fraction of sp³-hybridized carbons (Fsp3) is 0.923. The fourth-order valence-electron chi connectivity index (χ4n) is 8.57. The number of ether oxygens (including phenoxy) is 6. The Hall–Kier alpha value is -1.76. The lowest BCUT2D eigenvalue weighted by Crippen LogP contribution is -2.61. The van der Waals surface area contributed by atoms with Gasteiger partial charge in [-0.25, -0.2) is 0 Å². The van der Waals surface area contributed by atoms with E-state index in [1.165, 1.54) is 116 Å². The van der Waals surface area contributed by atoms with Crippen molar-refractivity contribution in [2.75, 3.05) is 26.4 Å². The van der Waals surface area contributed by atoms with Crippen LogP contribution in [0.15, 0.2) is 12.2 Å². The molecule has 0 spiro atoms. The molecule has 15 heteroatoms. The number of carbonyl (C=O) groups is 2. The molecule has 394 valence electrons. The summed E-state index contributed by atoms with van der Waals surface area (Å²) in [6.45, 7) is 2.60. The average molecular weight is 961 g/mol. The van der Waals surface area contributed by atoms with Gasteiger partial charge in [-0.15, -0.1) is 0 Å². The lowest BCUT2D eigenvalue weighted by Gasteiger charge is -2.42. The molecule has 2 rings (SSSR count). The molecule has 2 fully saturated rings. The maximum Gasteiger partial charge on any atom is 0.306 e. The summed E-state index contributed by atoms with van der Waals surface area (Å²) >= 11 is 0. The number of unbranched alkanes of at least 4 members (excludes halogenated alkanes) is 26. The van der Waals surface area contributed by atoms with Crippen LogP contribution in [0, 0.1) is 0 Å². The van der Waals surface area contributed by atoms with Crippen LogP contribution in [-0.2, 0) is 38.0 Å². The molecular weight excluding hydrogens is 865 g/mol. The summed E-state index contributed by atoms with van der Waals surface area (Å²) in [6, 6.07) is 0. The van der Waals surface area contributed by atoms with Gasteiger partial charge in [0.1, 0.15) is 55.4 Å². The molecule has 7 N–H and O–H groups in total. The van der Waals surface area contributed by atoms with E-state index in [4.69, 9.17) is 28.4 Å². The number of allylic oxidation sites excluding steroid dienone is 2. The van der Waals surface area contributed by atoms with E-state index in [2.05, 4.69) is 26.0 Å². The zero-order valence-corrected chi connectivity index (χ0v) is 41.7. The summed E-state index contributed by atoms with van der Waals surface area (Å²) in [5.74, 6) is -0.923. The Labute approximate surface area is 403 Å². The van der Waals surface area contributed by atoms with E-state index in [0.29, 0.717) is 12.8 Å². The second-order valence-electron chi connectivity index (χ2n) is 19.1. The SMILES string of the molecule is CCCCCCC/C=C\CCCCCCCC(=O)OC(COC(=O)CCCCCCCCCCCCCCCCCCC)COC1OC(COC2OC(CO)C(O)C(O)C2O)C(O)C(O)C1O. The van der Waals surface area contributed by atoms with Crippen molar-refractivity contribution in [1.29, 1.82) is 0 Å². The molecule has 0 saturated carbocycles. The molecule has 2 heterocycles. The molecule has 0 aromatic heterocycles. The highest BCUT2D eigenvalue weighted by Crippen LogP contribution is 2.27. The van der Waals surface area contributed by atoms with E-state index in [1.807, 2.05) is 0 Å². The van der Waals surface area contributed by atoms with E-state index < -0.39 is 92.7 Å². The largest absolute Gasteiger partial charge is 0.462 e. The molecule has 0 bridgehead atoms. The molecule has 0 radical (unpaired) electrons. The van der Waals surface area contributed by atoms with E-state index in [1.54, 1.807) is 0 Å². The molecule has 2 saturated heterocycles. The Balaban J connectivity index is 1.79. The van der Waals surface area contributed by atoms with E-state index in [9.17, 15) is 45.3 Å². The molecule has 11 unspecified atom stereocenters. The van der Waals surface area contributed by atoms with Crippen molar-refractivity contribution in [2.24, 2.45) is 0 Å². The molecule has 67 heavy (non-hydrogen) atoms. The highest BCUT2D eigenvalue weighted by Gasteiger charge is 2.47. The first-order valence-electron chi connectivity index (χ1n) is 26.8. The zero-order valence-electron chi connectivity index (χ0n) is 41.7. The topological polar surface area (TPSA) is 231 Å².